The highest BCUT2D eigenvalue weighted by Crippen LogP contribution is 2.38. The van der Waals surface area contributed by atoms with Gasteiger partial charge in [-0.05, 0) is 25.1 Å². The molecule has 1 N–H and O–H groups in total. The Morgan fingerprint density at radius 2 is 1.80 bits per heavy atom. The highest BCUT2D eigenvalue weighted by molar-refractivity contribution is 6.31. The van der Waals surface area contributed by atoms with Gasteiger partial charge in [-0.15, -0.1) is 0 Å². The molecule has 0 heterocycles. The van der Waals surface area contributed by atoms with Crippen LogP contribution in [0.25, 0.3) is 0 Å². The lowest BCUT2D eigenvalue weighted by Gasteiger charge is -2.19. The first-order valence-electron chi connectivity index (χ1n) is 6.41. The molecule has 2 rings (SSSR count). The van der Waals surface area contributed by atoms with E-state index in [0.717, 1.165) is 0 Å². The number of hydrogen-bond donors (Lipinski definition) is 1. The van der Waals surface area contributed by atoms with Crippen LogP contribution < -0.4 is 9.47 Å². The van der Waals surface area contributed by atoms with E-state index in [9.17, 15) is 5.11 Å². The lowest BCUT2D eigenvalue weighted by atomic mass is 9.99. The van der Waals surface area contributed by atoms with Crippen LogP contribution in [0.4, 0.5) is 0 Å². The number of ether oxygens (including phenoxy) is 2. The third kappa shape index (κ3) is 2.89. The maximum Gasteiger partial charge on any atom is 0.126 e. The second-order valence-electron chi connectivity index (χ2n) is 4.23. The highest BCUT2D eigenvalue weighted by atomic mass is 35.5. The van der Waals surface area contributed by atoms with E-state index in [0.29, 0.717) is 34.3 Å². The van der Waals surface area contributed by atoms with Crippen molar-refractivity contribution in [2.24, 2.45) is 0 Å². The molecule has 0 saturated heterocycles. The van der Waals surface area contributed by atoms with Crippen LogP contribution in [-0.4, -0.2) is 18.8 Å². The van der Waals surface area contributed by atoms with Crippen molar-refractivity contribution in [3.8, 4) is 11.5 Å². The number of aliphatic hydroxyl groups excluding tert-OH is 1. The maximum atomic E-state index is 10.6. The van der Waals surface area contributed by atoms with E-state index >= 15 is 0 Å². The minimum absolute atomic E-state index is 0.461. The first-order valence-corrected chi connectivity index (χ1v) is 6.79. The van der Waals surface area contributed by atoms with E-state index in [1.54, 1.807) is 25.3 Å². The molecule has 0 aliphatic carbocycles. The topological polar surface area (TPSA) is 38.7 Å². The van der Waals surface area contributed by atoms with E-state index < -0.39 is 6.10 Å². The van der Waals surface area contributed by atoms with Crippen LogP contribution in [0.15, 0.2) is 42.5 Å². The molecule has 0 amide bonds. The van der Waals surface area contributed by atoms with Gasteiger partial charge in [0, 0.05) is 11.1 Å². The molecule has 0 aromatic heterocycles. The van der Waals surface area contributed by atoms with Gasteiger partial charge in [-0.3, -0.25) is 0 Å². The van der Waals surface area contributed by atoms with Crippen LogP contribution in [0.5, 0.6) is 11.5 Å². The number of para-hydroxylation sites is 1. The molecule has 4 heteroatoms. The zero-order valence-electron chi connectivity index (χ0n) is 11.5. The molecule has 20 heavy (non-hydrogen) atoms. The number of rotatable bonds is 5. The number of halogens is 1. The SMILES string of the molecule is CCOc1ccccc1C(O)c1c(Cl)cccc1OC. The fourth-order valence-corrected chi connectivity index (χ4v) is 2.38. The Morgan fingerprint density at radius 3 is 2.50 bits per heavy atom. The quantitative estimate of drug-likeness (QED) is 0.910. The second kappa shape index (κ2) is 6.64. The molecular weight excluding hydrogens is 276 g/mol. The summed E-state index contributed by atoms with van der Waals surface area (Å²) in [6, 6.07) is 12.6. The average molecular weight is 293 g/mol. The minimum atomic E-state index is -0.901. The first kappa shape index (κ1) is 14.7. The Kier molecular flexibility index (Phi) is 4.88. The van der Waals surface area contributed by atoms with Gasteiger partial charge in [0.1, 0.15) is 17.6 Å². The summed E-state index contributed by atoms with van der Waals surface area (Å²) in [5.74, 6) is 1.20. The number of hydrogen-bond acceptors (Lipinski definition) is 3. The molecule has 0 radical (unpaired) electrons. The van der Waals surface area contributed by atoms with Gasteiger partial charge in [0.05, 0.1) is 18.7 Å². The third-order valence-electron chi connectivity index (χ3n) is 3.02. The number of methoxy groups -OCH3 is 1. The molecule has 3 nitrogen and oxygen atoms in total. The van der Waals surface area contributed by atoms with Crippen LogP contribution in [0, 0.1) is 0 Å². The first-order chi connectivity index (χ1) is 9.69. The van der Waals surface area contributed by atoms with E-state index in [-0.39, 0.29) is 0 Å². The van der Waals surface area contributed by atoms with Gasteiger partial charge in [0.15, 0.2) is 0 Å². The largest absolute Gasteiger partial charge is 0.496 e. The molecule has 0 aliphatic rings. The van der Waals surface area contributed by atoms with Crippen molar-refractivity contribution < 1.29 is 14.6 Å². The van der Waals surface area contributed by atoms with Crippen LogP contribution in [0.1, 0.15) is 24.2 Å². The summed E-state index contributed by atoms with van der Waals surface area (Å²) in [5.41, 5.74) is 1.21. The van der Waals surface area contributed by atoms with Gasteiger partial charge in [-0.25, -0.2) is 0 Å². The summed E-state index contributed by atoms with van der Waals surface area (Å²) in [4.78, 5) is 0. The zero-order chi connectivity index (χ0) is 14.5. The summed E-state index contributed by atoms with van der Waals surface area (Å²) in [7, 11) is 1.55. The monoisotopic (exact) mass is 292 g/mol. The second-order valence-corrected chi connectivity index (χ2v) is 4.64. The highest BCUT2D eigenvalue weighted by Gasteiger charge is 2.21. The molecule has 0 fully saturated rings. The fraction of sp³-hybridized carbons (Fsp3) is 0.250. The molecule has 0 saturated carbocycles. The third-order valence-corrected chi connectivity index (χ3v) is 3.35. The average Bonchev–Trinajstić information content (AvgIpc) is 2.47. The van der Waals surface area contributed by atoms with E-state index in [1.165, 1.54) is 0 Å². The summed E-state index contributed by atoms with van der Waals surface area (Å²) in [6.45, 7) is 2.43. The summed E-state index contributed by atoms with van der Waals surface area (Å²) in [5, 5.41) is 11.1. The predicted octanol–water partition coefficient (Wildman–Crippen LogP) is 3.83. The summed E-state index contributed by atoms with van der Waals surface area (Å²) in [6.07, 6.45) is -0.901. The van der Waals surface area contributed by atoms with Crippen LogP contribution in [-0.2, 0) is 0 Å². The van der Waals surface area contributed by atoms with Crippen molar-refractivity contribution in [3.05, 3.63) is 58.6 Å². The van der Waals surface area contributed by atoms with Crippen molar-refractivity contribution in [1.82, 2.24) is 0 Å². The van der Waals surface area contributed by atoms with Gasteiger partial charge >= 0.3 is 0 Å². The molecule has 2 aromatic rings. The Balaban J connectivity index is 2.49. The smallest absolute Gasteiger partial charge is 0.126 e. The molecule has 1 unspecified atom stereocenters. The predicted molar refractivity (Wildman–Crippen MR) is 79.7 cm³/mol. The van der Waals surface area contributed by atoms with Gasteiger partial charge < -0.3 is 14.6 Å². The molecule has 106 valence electrons. The molecule has 2 aromatic carbocycles. The van der Waals surface area contributed by atoms with Gasteiger partial charge in [-0.2, -0.15) is 0 Å². The maximum absolute atomic E-state index is 10.6. The van der Waals surface area contributed by atoms with Crippen LogP contribution in [0.3, 0.4) is 0 Å². The molecule has 0 bridgehead atoms. The normalized spacial score (nSPS) is 12.0. The Hall–Kier alpha value is -1.71. The zero-order valence-corrected chi connectivity index (χ0v) is 12.2. The standard InChI is InChI=1S/C16H17ClO3/c1-3-20-13-9-5-4-7-11(13)16(18)15-12(17)8-6-10-14(15)19-2/h4-10,16,18H,3H2,1-2H3. The number of benzene rings is 2. The summed E-state index contributed by atoms with van der Waals surface area (Å²) >= 11 is 6.20. The lowest BCUT2D eigenvalue weighted by Crippen LogP contribution is -2.06. The summed E-state index contributed by atoms with van der Waals surface area (Å²) < 4.78 is 10.8. The van der Waals surface area contributed by atoms with E-state index in [2.05, 4.69) is 0 Å². The molecule has 0 aliphatic heterocycles. The molecular formula is C16H17ClO3. The number of aliphatic hydroxyl groups is 1. The van der Waals surface area contributed by atoms with Crippen molar-refractivity contribution in [1.29, 1.82) is 0 Å². The Labute approximate surface area is 123 Å². The minimum Gasteiger partial charge on any atom is -0.496 e. The van der Waals surface area contributed by atoms with Crippen LogP contribution >= 0.6 is 11.6 Å². The van der Waals surface area contributed by atoms with Gasteiger partial charge in [-0.1, -0.05) is 35.9 Å². The van der Waals surface area contributed by atoms with Gasteiger partial charge in [0.2, 0.25) is 0 Å². The molecule has 1 atom stereocenters. The van der Waals surface area contributed by atoms with Crippen molar-refractivity contribution in [3.63, 3.8) is 0 Å². The van der Waals surface area contributed by atoms with Gasteiger partial charge in [0.25, 0.3) is 0 Å². The van der Waals surface area contributed by atoms with E-state index in [4.69, 9.17) is 21.1 Å². The van der Waals surface area contributed by atoms with Crippen LogP contribution in [0.2, 0.25) is 5.02 Å². The Morgan fingerprint density at radius 1 is 1.10 bits per heavy atom. The van der Waals surface area contributed by atoms with Crippen molar-refractivity contribution in [2.45, 2.75) is 13.0 Å². The fourth-order valence-electron chi connectivity index (χ4n) is 2.11. The van der Waals surface area contributed by atoms with Crippen molar-refractivity contribution >= 4 is 11.6 Å². The Bertz CT molecular complexity index is 584. The van der Waals surface area contributed by atoms with E-state index in [1.807, 2.05) is 31.2 Å². The molecule has 0 spiro atoms. The lowest BCUT2D eigenvalue weighted by molar-refractivity contribution is 0.207. The van der Waals surface area contributed by atoms with Crippen molar-refractivity contribution in [2.75, 3.05) is 13.7 Å².